The van der Waals surface area contributed by atoms with Crippen LogP contribution in [0.3, 0.4) is 0 Å². The standard InChI is InChI=1S/C17H22N6O/c1-17(2,3)23-14(24)9-19-15-11-5-4-6-12(11)21-16(22-15)13-7-8-18-10-20-13/h7-8,10H,4-6,9H2,1-3H3,(H,23,24)(H,19,21,22). The predicted molar refractivity (Wildman–Crippen MR) is 91.5 cm³/mol. The number of rotatable bonds is 4. The first-order valence-corrected chi connectivity index (χ1v) is 8.13. The largest absolute Gasteiger partial charge is 0.361 e. The minimum atomic E-state index is -0.251. The van der Waals surface area contributed by atoms with Crippen LogP contribution in [0.4, 0.5) is 5.82 Å². The first-order valence-electron chi connectivity index (χ1n) is 8.13. The van der Waals surface area contributed by atoms with E-state index in [9.17, 15) is 4.79 Å². The Morgan fingerprint density at radius 2 is 2.08 bits per heavy atom. The zero-order chi connectivity index (χ0) is 17.2. The topological polar surface area (TPSA) is 92.7 Å². The molecule has 0 atom stereocenters. The van der Waals surface area contributed by atoms with Gasteiger partial charge in [-0.2, -0.15) is 0 Å². The van der Waals surface area contributed by atoms with Crippen LogP contribution < -0.4 is 10.6 Å². The molecule has 0 saturated heterocycles. The van der Waals surface area contributed by atoms with Crippen LogP contribution in [0.25, 0.3) is 11.5 Å². The summed E-state index contributed by atoms with van der Waals surface area (Å²) in [5.41, 5.74) is 2.58. The molecule has 0 aromatic carbocycles. The Hall–Kier alpha value is -2.57. The molecule has 126 valence electrons. The Labute approximate surface area is 141 Å². The van der Waals surface area contributed by atoms with Crippen LogP contribution in [0.5, 0.6) is 0 Å². The third-order valence-corrected chi connectivity index (χ3v) is 3.67. The molecular formula is C17H22N6O. The lowest BCUT2D eigenvalue weighted by molar-refractivity contribution is -0.120. The van der Waals surface area contributed by atoms with E-state index in [1.54, 1.807) is 12.3 Å². The van der Waals surface area contributed by atoms with Crippen molar-refractivity contribution in [3.8, 4) is 11.5 Å². The van der Waals surface area contributed by atoms with E-state index >= 15 is 0 Å². The first-order chi connectivity index (χ1) is 11.4. The zero-order valence-corrected chi connectivity index (χ0v) is 14.3. The maximum Gasteiger partial charge on any atom is 0.239 e. The molecule has 0 unspecified atom stereocenters. The van der Waals surface area contributed by atoms with E-state index in [0.717, 1.165) is 36.3 Å². The number of amides is 1. The van der Waals surface area contributed by atoms with Crippen molar-refractivity contribution in [3.63, 3.8) is 0 Å². The number of aryl methyl sites for hydroxylation is 1. The Morgan fingerprint density at radius 3 is 2.79 bits per heavy atom. The van der Waals surface area contributed by atoms with Crippen LogP contribution in [0.2, 0.25) is 0 Å². The van der Waals surface area contributed by atoms with Gasteiger partial charge in [-0.3, -0.25) is 4.79 Å². The van der Waals surface area contributed by atoms with E-state index in [1.807, 2.05) is 20.8 Å². The Bertz CT molecular complexity index is 739. The molecule has 2 N–H and O–H groups in total. The molecular weight excluding hydrogens is 304 g/mol. The molecule has 0 aliphatic heterocycles. The van der Waals surface area contributed by atoms with Crippen molar-refractivity contribution >= 4 is 11.7 Å². The number of carbonyl (C=O) groups is 1. The third-order valence-electron chi connectivity index (χ3n) is 3.67. The quantitative estimate of drug-likeness (QED) is 0.889. The van der Waals surface area contributed by atoms with Gasteiger partial charge in [0.05, 0.1) is 6.54 Å². The predicted octanol–water partition coefficient (Wildman–Crippen LogP) is 1.75. The number of carbonyl (C=O) groups excluding carboxylic acids is 1. The Kier molecular flexibility index (Phi) is 4.42. The maximum absolute atomic E-state index is 12.0. The lowest BCUT2D eigenvalue weighted by Gasteiger charge is -2.21. The van der Waals surface area contributed by atoms with Gasteiger partial charge in [0, 0.05) is 23.0 Å². The number of anilines is 1. The molecule has 2 aromatic rings. The summed E-state index contributed by atoms with van der Waals surface area (Å²) in [5, 5.41) is 6.11. The number of aromatic nitrogens is 4. The highest BCUT2D eigenvalue weighted by Gasteiger charge is 2.21. The number of hydrogen-bond donors (Lipinski definition) is 2. The summed E-state index contributed by atoms with van der Waals surface area (Å²) in [4.78, 5) is 29.4. The smallest absolute Gasteiger partial charge is 0.239 e. The number of hydrogen-bond acceptors (Lipinski definition) is 6. The van der Waals surface area contributed by atoms with Crippen LogP contribution >= 0.6 is 0 Å². The average Bonchev–Trinajstić information content (AvgIpc) is 3.00. The molecule has 1 aliphatic rings. The van der Waals surface area contributed by atoms with Gasteiger partial charge in [-0.1, -0.05) is 0 Å². The molecule has 7 nitrogen and oxygen atoms in total. The summed E-state index contributed by atoms with van der Waals surface area (Å²) in [6.07, 6.45) is 6.07. The van der Waals surface area contributed by atoms with Gasteiger partial charge >= 0.3 is 0 Å². The van der Waals surface area contributed by atoms with Gasteiger partial charge < -0.3 is 10.6 Å². The number of fused-ring (bicyclic) bond motifs is 1. The molecule has 3 rings (SSSR count). The van der Waals surface area contributed by atoms with Crippen LogP contribution in [0, 0.1) is 0 Å². The van der Waals surface area contributed by atoms with Crippen molar-refractivity contribution in [1.29, 1.82) is 0 Å². The lowest BCUT2D eigenvalue weighted by atomic mass is 10.1. The second-order valence-corrected chi connectivity index (χ2v) is 6.92. The fraction of sp³-hybridized carbons (Fsp3) is 0.471. The molecule has 0 bridgehead atoms. The van der Waals surface area contributed by atoms with E-state index in [4.69, 9.17) is 0 Å². The van der Waals surface area contributed by atoms with Crippen LogP contribution in [0.1, 0.15) is 38.4 Å². The fourth-order valence-corrected chi connectivity index (χ4v) is 2.74. The zero-order valence-electron chi connectivity index (χ0n) is 14.3. The van der Waals surface area contributed by atoms with E-state index in [-0.39, 0.29) is 18.0 Å². The number of nitrogens with one attached hydrogen (secondary N) is 2. The summed E-state index contributed by atoms with van der Waals surface area (Å²) < 4.78 is 0. The number of nitrogens with zero attached hydrogens (tertiary/aromatic N) is 4. The minimum absolute atomic E-state index is 0.0588. The molecule has 24 heavy (non-hydrogen) atoms. The van der Waals surface area contributed by atoms with E-state index in [2.05, 4.69) is 30.6 Å². The highest BCUT2D eigenvalue weighted by molar-refractivity contribution is 5.81. The highest BCUT2D eigenvalue weighted by atomic mass is 16.2. The van der Waals surface area contributed by atoms with E-state index in [1.165, 1.54) is 6.33 Å². The molecule has 2 heterocycles. The van der Waals surface area contributed by atoms with Crippen molar-refractivity contribution in [2.45, 2.75) is 45.6 Å². The van der Waals surface area contributed by atoms with Crippen molar-refractivity contribution in [3.05, 3.63) is 29.8 Å². The Balaban J connectivity index is 1.82. The molecule has 0 radical (unpaired) electrons. The second kappa shape index (κ2) is 6.51. The van der Waals surface area contributed by atoms with Crippen LogP contribution in [-0.2, 0) is 17.6 Å². The minimum Gasteiger partial charge on any atom is -0.361 e. The van der Waals surface area contributed by atoms with E-state index < -0.39 is 0 Å². The Morgan fingerprint density at radius 1 is 1.25 bits per heavy atom. The summed E-state index contributed by atoms with van der Waals surface area (Å²) in [7, 11) is 0. The van der Waals surface area contributed by atoms with Crippen molar-refractivity contribution < 1.29 is 4.79 Å². The molecule has 1 aliphatic carbocycles. The average molecular weight is 326 g/mol. The van der Waals surface area contributed by atoms with Crippen LogP contribution in [0.15, 0.2) is 18.6 Å². The molecule has 7 heteroatoms. The third kappa shape index (κ3) is 3.84. The molecule has 0 fully saturated rings. The summed E-state index contributed by atoms with van der Waals surface area (Å²) >= 11 is 0. The highest BCUT2D eigenvalue weighted by Crippen LogP contribution is 2.28. The van der Waals surface area contributed by atoms with Crippen molar-refractivity contribution in [2.75, 3.05) is 11.9 Å². The van der Waals surface area contributed by atoms with Gasteiger partial charge in [0.25, 0.3) is 0 Å². The fourth-order valence-electron chi connectivity index (χ4n) is 2.74. The lowest BCUT2D eigenvalue weighted by Crippen LogP contribution is -2.43. The van der Waals surface area contributed by atoms with E-state index in [0.29, 0.717) is 11.5 Å². The monoisotopic (exact) mass is 326 g/mol. The molecule has 1 amide bonds. The van der Waals surface area contributed by atoms with Crippen molar-refractivity contribution in [1.82, 2.24) is 25.3 Å². The normalized spacial score (nSPS) is 13.5. The molecule has 0 saturated carbocycles. The summed E-state index contributed by atoms with van der Waals surface area (Å²) in [6, 6.07) is 1.78. The van der Waals surface area contributed by atoms with Crippen LogP contribution in [-0.4, -0.2) is 37.9 Å². The molecule has 0 spiro atoms. The second-order valence-electron chi connectivity index (χ2n) is 6.92. The molecule has 2 aromatic heterocycles. The van der Waals surface area contributed by atoms with Gasteiger partial charge in [-0.15, -0.1) is 0 Å². The van der Waals surface area contributed by atoms with Gasteiger partial charge in [-0.05, 0) is 46.1 Å². The first kappa shape index (κ1) is 16.3. The van der Waals surface area contributed by atoms with Gasteiger partial charge in [0.2, 0.25) is 5.91 Å². The van der Waals surface area contributed by atoms with Gasteiger partial charge in [0.15, 0.2) is 5.82 Å². The maximum atomic E-state index is 12.0. The van der Waals surface area contributed by atoms with Gasteiger partial charge in [0.1, 0.15) is 17.8 Å². The van der Waals surface area contributed by atoms with Gasteiger partial charge in [-0.25, -0.2) is 19.9 Å². The van der Waals surface area contributed by atoms with Crippen molar-refractivity contribution in [2.24, 2.45) is 0 Å². The summed E-state index contributed by atoms with van der Waals surface area (Å²) in [5.74, 6) is 1.24. The summed E-state index contributed by atoms with van der Waals surface area (Å²) in [6.45, 7) is 6.06. The SMILES string of the molecule is CC(C)(C)NC(=O)CNc1nc(-c2ccncn2)nc2c1CCC2.